The third-order valence-corrected chi connectivity index (χ3v) is 2.99. The zero-order valence-corrected chi connectivity index (χ0v) is 9.92. The van der Waals surface area contributed by atoms with Gasteiger partial charge in [-0.15, -0.1) is 0 Å². The van der Waals surface area contributed by atoms with Crippen LogP contribution in [-0.2, 0) is 9.59 Å². The molecule has 1 amide bonds. The third kappa shape index (κ3) is 6.42. The zero-order chi connectivity index (χ0) is 11.0. The number of hydrogen-bond donors (Lipinski definition) is 2. The van der Waals surface area contributed by atoms with Crippen LogP contribution in [-0.4, -0.2) is 33.0 Å². The second-order valence-electron chi connectivity index (χ2n) is 3.14. The number of carboxylic acid groups (broad SMARTS) is 1. The number of amides is 1. The van der Waals surface area contributed by atoms with Crippen LogP contribution in [0.4, 0.5) is 0 Å². The van der Waals surface area contributed by atoms with E-state index < -0.39 is 5.97 Å². The summed E-state index contributed by atoms with van der Waals surface area (Å²) >= 11 is 0. The number of rotatable bonds is 7. The van der Waals surface area contributed by atoms with Gasteiger partial charge >= 0.3 is 5.97 Å². The lowest BCUT2D eigenvalue weighted by Crippen LogP contribution is -2.25. The Morgan fingerprint density at radius 2 is 2.14 bits per heavy atom. The molecule has 0 aromatic heterocycles. The Hall–Kier alpha value is -1.10. The van der Waals surface area contributed by atoms with E-state index in [2.05, 4.69) is 18.4 Å². The van der Waals surface area contributed by atoms with Crippen molar-refractivity contribution in [2.75, 3.05) is 6.54 Å². The first-order valence-electron chi connectivity index (χ1n) is 4.75. The summed E-state index contributed by atoms with van der Waals surface area (Å²) < 4.78 is 0. The lowest BCUT2D eigenvalue weighted by molar-refractivity contribution is -0.134. The highest BCUT2D eigenvalue weighted by Gasteiger charge is 2.08. The van der Waals surface area contributed by atoms with Crippen molar-refractivity contribution in [1.82, 2.24) is 5.32 Å². The maximum absolute atomic E-state index is 11.1. The molecule has 0 fully saturated rings. The van der Waals surface area contributed by atoms with Gasteiger partial charge in [-0.25, -0.2) is 4.79 Å². The molecule has 0 aliphatic rings. The Bertz CT molecular complexity index is 228. The van der Waals surface area contributed by atoms with E-state index in [9.17, 15) is 9.59 Å². The molecule has 0 unspecified atom stereocenters. The van der Waals surface area contributed by atoms with E-state index in [1.54, 1.807) is 0 Å². The van der Waals surface area contributed by atoms with Crippen LogP contribution in [0.3, 0.4) is 0 Å². The molecule has 0 aliphatic carbocycles. The minimum atomic E-state index is -1.11. The van der Waals surface area contributed by atoms with Crippen molar-refractivity contribution in [2.24, 2.45) is 0 Å². The summed E-state index contributed by atoms with van der Waals surface area (Å²) in [5.74, 6) is -1.36. The quantitative estimate of drug-likeness (QED) is 0.361. The molecule has 0 heterocycles. The van der Waals surface area contributed by atoms with Gasteiger partial charge in [0.2, 0.25) is 5.91 Å². The van der Waals surface area contributed by atoms with E-state index in [1.807, 2.05) is 0 Å². The molecule has 0 radical (unpaired) electrons. The molecule has 0 rings (SSSR count). The van der Waals surface area contributed by atoms with Crippen LogP contribution < -0.4 is 5.32 Å². The molecule has 0 aliphatic heterocycles. The molecular weight excluding hydrogens is 198 g/mol. The smallest absolute Gasteiger partial charge is 0.331 e. The minimum absolute atomic E-state index is 0.0626. The van der Waals surface area contributed by atoms with E-state index in [1.165, 1.54) is 6.04 Å². The van der Waals surface area contributed by atoms with Gasteiger partial charge in [-0.05, 0) is 6.42 Å². The summed E-state index contributed by atoms with van der Waals surface area (Å²) in [6.07, 6.45) is 0.882. The summed E-state index contributed by atoms with van der Waals surface area (Å²) in [4.78, 5) is 21.4. The maximum atomic E-state index is 11.1. The van der Waals surface area contributed by atoms with Crippen molar-refractivity contribution < 1.29 is 14.7 Å². The number of aliphatic carboxylic acids is 1. The Balaban J connectivity index is 3.56. The fourth-order valence-electron chi connectivity index (χ4n) is 0.935. The molecule has 14 heavy (non-hydrogen) atoms. The highest BCUT2D eigenvalue weighted by atomic mass is 28.2. The maximum Gasteiger partial charge on any atom is 0.331 e. The van der Waals surface area contributed by atoms with Crippen molar-refractivity contribution in [3.05, 3.63) is 12.2 Å². The summed E-state index contributed by atoms with van der Waals surface area (Å²) in [7, 11) is 0.0713. The minimum Gasteiger partial charge on any atom is -0.478 e. The summed E-state index contributed by atoms with van der Waals surface area (Å²) in [6.45, 7) is 6.15. The van der Waals surface area contributed by atoms with Crippen LogP contribution in [0.15, 0.2) is 12.2 Å². The molecule has 0 aromatic carbocycles. The molecule has 5 heteroatoms. The van der Waals surface area contributed by atoms with Crippen molar-refractivity contribution in [3.63, 3.8) is 0 Å². The average Bonchev–Trinajstić information content (AvgIpc) is 2.12. The molecule has 0 saturated carbocycles. The molecule has 0 bridgehead atoms. The van der Waals surface area contributed by atoms with Gasteiger partial charge in [0.05, 0.1) is 6.42 Å². The van der Waals surface area contributed by atoms with E-state index >= 15 is 0 Å². The van der Waals surface area contributed by atoms with Crippen molar-refractivity contribution in [3.8, 4) is 0 Å². The Morgan fingerprint density at radius 3 is 2.64 bits per heavy atom. The van der Waals surface area contributed by atoms with E-state index in [4.69, 9.17) is 5.11 Å². The van der Waals surface area contributed by atoms with Crippen LogP contribution in [0.5, 0.6) is 0 Å². The topological polar surface area (TPSA) is 66.4 Å². The summed E-state index contributed by atoms with van der Waals surface area (Å²) in [6, 6.07) is 1.21. The van der Waals surface area contributed by atoms with E-state index in [0.29, 0.717) is 6.54 Å². The van der Waals surface area contributed by atoms with Gasteiger partial charge in [0, 0.05) is 21.6 Å². The molecule has 80 valence electrons. The molecule has 4 nitrogen and oxygen atoms in total. The predicted molar refractivity (Wildman–Crippen MR) is 58.2 cm³/mol. The summed E-state index contributed by atoms with van der Waals surface area (Å²) in [5, 5.41) is 11.1. The number of carbonyl (C=O) groups is 2. The van der Waals surface area contributed by atoms with E-state index in [0.717, 1.165) is 6.42 Å². The molecule has 0 atom stereocenters. The first-order valence-corrected chi connectivity index (χ1v) is 7.17. The van der Waals surface area contributed by atoms with Gasteiger partial charge in [0.15, 0.2) is 0 Å². The van der Waals surface area contributed by atoms with Gasteiger partial charge in [-0.3, -0.25) is 4.79 Å². The van der Waals surface area contributed by atoms with Crippen LogP contribution >= 0.6 is 0 Å². The lowest BCUT2D eigenvalue weighted by Gasteiger charge is -2.03. The first-order chi connectivity index (χ1) is 6.57. The van der Waals surface area contributed by atoms with Crippen LogP contribution in [0.1, 0.15) is 12.8 Å². The lowest BCUT2D eigenvalue weighted by atomic mass is 10.2. The first kappa shape index (κ1) is 12.9. The van der Waals surface area contributed by atoms with Crippen LogP contribution in [0.2, 0.25) is 12.6 Å². The third-order valence-electron chi connectivity index (χ3n) is 1.78. The van der Waals surface area contributed by atoms with Gasteiger partial charge in [0.1, 0.15) is 0 Å². The summed E-state index contributed by atoms with van der Waals surface area (Å²) in [5.41, 5.74) is -0.0626. The molecular formula is C9H17NO3Si. The second-order valence-corrected chi connectivity index (χ2v) is 4.85. The monoisotopic (exact) mass is 215 g/mol. The molecule has 0 spiro atoms. The number of nitrogens with one attached hydrogen (secondary N) is 1. The number of carbonyl (C=O) groups excluding carboxylic acids is 1. The molecule has 0 saturated heterocycles. The van der Waals surface area contributed by atoms with E-state index in [-0.39, 0.29) is 27.4 Å². The largest absolute Gasteiger partial charge is 0.478 e. The highest BCUT2D eigenvalue weighted by Crippen LogP contribution is 1.97. The van der Waals surface area contributed by atoms with Crippen molar-refractivity contribution in [2.45, 2.75) is 25.4 Å². The van der Waals surface area contributed by atoms with Gasteiger partial charge < -0.3 is 10.4 Å². The molecule has 2 N–H and O–H groups in total. The Morgan fingerprint density at radius 1 is 1.50 bits per heavy atom. The van der Waals surface area contributed by atoms with Gasteiger partial charge in [0.25, 0.3) is 0 Å². The molecule has 0 aromatic rings. The normalized spacial score (nSPS) is 10.4. The fraction of sp³-hybridized carbons (Fsp3) is 0.556. The standard InChI is InChI=1S/C9H17NO3Si/c1-7(9(12)13)6-8(11)10-4-3-5-14-2/h1,3-6,14H2,2H3,(H,10,11)(H,12,13). The average molecular weight is 215 g/mol. The predicted octanol–water partition coefficient (Wildman–Crippen LogP) is 0.159. The number of carboxylic acids is 1. The number of hydrogen-bond acceptors (Lipinski definition) is 2. The van der Waals surface area contributed by atoms with Crippen molar-refractivity contribution in [1.29, 1.82) is 0 Å². The second kappa shape index (κ2) is 7.31. The Labute approximate surface area is 86.2 Å². The van der Waals surface area contributed by atoms with Crippen LogP contribution in [0, 0.1) is 0 Å². The van der Waals surface area contributed by atoms with Crippen LogP contribution in [0.25, 0.3) is 0 Å². The SMILES string of the molecule is C=C(CC(=O)NCCC[SiH2]C)C(=O)O. The van der Waals surface area contributed by atoms with Crippen molar-refractivity contribution >= 4 is 21.4 Å². The van der Waals surface area contributed by atoms with Gasteiger partial charge in [-0.1, -0.05) is 19.2 Å². The Kier molecular flexibility index (Phi) is 6.74. The fourth-order valence-corrected chi connectivity index (χ4v) is 1.68. The zero-order valence-electron chi connectivity index (χ0n) is 8.51. The van der Waals surface area contributed by atoms with Gasteiger partial charge in [-0.2, -0.15) is 0 Å². The highest BCUT2D eigenvalue weighted by molar-refractivity contribution is 6.33.